The van der Waals surface area contributed by atoms with Crippen LogP contribution in [0, 0.1) is 24.6 Å². The highest BCUT2D eigenvalue weighted by Crippen LogP contribution is 2.10. The lowest BCUT2D eigenvalue weighted by atomic mass is 10.1. The zero-order valence-corrected chi connectivity index (χ0v) is 11.4. The van der Waals surface area contributed by atoms with Gasteiger partial charge in [-0.2, -0.15) is 0 Å². The van der Waals surface area contributed by atoms with Crippen LogP contribution in [-0.2, 0) is 6.54 Å². The van der Waals surface area contributed by atoms with Gasteiger partial charge in [0.05, 0.1) is 12.2 Å². The average molecular weight is 287 g/mol. The standard InChI is InChI=1S/C15H14FN3O2/c1-10-7-14(21-19-10)15(20)18-9-12-8-11(3-2-6-17)4-5-13(12)16/h4-5,7-8H,6,9,17H2,1H3,(H,18,20). The number of nitrogens with zero attached hydrogens (tertiary/aromatic N) is 1. The fraction of sp³-hybridized carbons (Fsp3) is 0.200. The van der Waals surface area contributed by atoms with Gasteiger partial charge in [-0.05, 0) is 25.1 Å². The zero-order chi connectivity index (χ0) is 15.2. The molecule has 0 spiro atoms. The minimum absolute atomic E-state index is 0.0303. The number of aromatic nitrogens is 1. The molecule has 21 heavy (non-hydrogen) atoms. The van der Waals surface area contributed by atoms with Gasteiger partial charge in [-0.3, -0.25) is 4.79 Å². The molecule has 3 N–H and O–H groups in total. The highest BCUT2D eigenvalue weighted by Gasteiger charge is 2.12. The van der Waals surface area contributed by atoms with Gasteiger partial charge in [0.25, 0.3) is 5.91 Å². The first-order valence-electron chi connectivity index (χ1n) is 6.29. The van der Waals surface area contributed by atoms with Crippen LogP contribution in [0.4, 0.5) is 4.39 Å². The van der Waals surface area contributed by atoms with Crippen molar-refractivity contribution in [2.75, 3.05) is 6.54 Å². The smallest absolute Gasteiger partial charge is 0.290 e. The Labute approximate surface area is 121 Å². The van der Waals surface area contributed by atoms with Crippen LogP contribution >= 0.6 is 0 Å². The summed E-state index contributed by atoms with van der Waals surface area (Å²) in [7, 11) is 0. The van der Waals surface area contributed by atoms with E-state index in [1.165, 1.54) is 12.1 Å². The van der Waals surface area contributed by atoms with E-state index in [0.717, 1.165) is 0 Å². The molecule has 0 radical (unpaired) electrons. The van der Waals surface area contributed by atoms with Crippen LogP contribution in [-0.4, -0.2) is 17.6 Å². The Morgan fingerprint density at radius 1 is 1.48 bits per heavy atom. The highest BCUT2D eigenvalue weighted by atomic mass is 19.1. The number of benzene rings is 1. The predicted octanol–water partition coefficient (Wildman–Crippen LogP) is 1.36. The minimum Gasteiger partial charge on any atom is -0.351 e. The maximum atomic E-state index is 13.7. The Bertz CT molecular complexity index is 713. The van der Waals surface area contributed by atoms with E-state index >= 15 is 0 Å². The van der Waals surface area contributed by atoms with Crippen LogP contribution < -0.4 is 11.1 Å². The van der Waals surface area contributed by atoms with Crippen LogP contribution in [0.5, 0.6) is 0 Å². The van der Waals surface area contributed by atoms with Crippen molar-refractivity contribution < 1.29 is 13.7 Å². The van der Waals surface area contributed by atoms with Crippen LogP contribution in [0.2, 0.25) is 0 Å². The van der Waals surface area contributed by atoms with Gasteiger partial charge >= 0.3 is 0 Å². The van der Waals surface area contributed by atoms with Crippen molar-refractivity contribution in [1.29, 1.82) is 0 Å². The second-order valence-corrected chi connectivity index (χ2v) is 4.33. The summed E-state index contributed by atoms with van der Waals surface area (Å²) in [4.78, 5) is 11.8. The van der Waals surface area contributed by atoms with E-state index in [2.05, 4.69) is 22.3 Å². The third-order valence-electron chi connectivity index (χ3n) is 2.67. The van der Waals surface area contributed by atoms with Crippen molar-refractivity contribution in [3.8, 4) is 11.8 Å². The molecule has 2 aromatic rings. The largest absolute Gasteiger partial charge is 0.351 e. The molecular formula is C15H14FN3O2. The number of hydrogen-bond acceptors (Lipinski definition) is 4. The van der Waals surface area contributed by atoms with Crippen molar-refractivity contribution in [3.05, 3.63) is 52.7 Å². The van der Waals surface area contributed by atoms with Crippen LogP contribution in [0.25, 0.3) is 0 Å². The van der Waals surface area contributed by atoms with E-state index in [-0.39, 0.29) is 18.8 Å². The molecule has 0 saturated carbocycles. The number of halogens is 1. The Kier molecular flexibility index (Phi) is 4.69. The first-order valence-corrected chi connectivity index (χ1v) is 6.29. The summed E-state index contributed by atoms with van der Waals surface area (Å²) in [5, 5.41) is 6.19. The Morgan fingerprint density at radius 2 is 2.29 bits per heavy atom. The predicted molar refractivity (Wildman–Crippen MR) is 74.7 cm³/mol. The number of carbonyl (C=O) groups is 1. The molecule has 108 valence electrons. The summed E-state index contributed by atoms with van der Waals surface area (Å²) >= 11 is 0. The molecule has 0 fully saturated rings. The normalized spacial score (nSPS) is 9.86. The molecule has 0 bridgehead atoms. The van der Waals surface area contributed by atoms with E-state index in [4.69, 9.17) is 10.3 Å². The summed E-state index contributed by atoms with van der Waals surface area (Å²) in [6.45, 7) is 1.97. The van der Waals surface area contributed by atoms with Crippen LogP contribution in [0.15, 0.2) is 28.8 Å². The molecule has 0 saturated heterocycles. The van der Waals surface area contributed by atoms with Crippen LogP contribution in [0.1, 0.15) is 27.4 Å². The van der Waals surface area contributed by atoms with Gasteiger partial charge in [0.2, 0.25) is 5.76 Å². The summed E-state index contributed by atoms with van der Waals surface area (Å²) in [6.07, 6.45) is 0. The van der Waals surface area contributed by atoms with Gasteiger partial charge in [-0.1, -0.05) is 17.0 Å². The Morgan fingerprint density at radius 3 is 2.95 bits per heavy atom. The Balaban J connectivity index is 2.07. The molecule has 1 amide bonds. The first-order chi connectivity index (χ1) is 10.1. The van der Waals surface area contributed by atoms with Crippen molar-refractivity contribution >= 4 is 5.91 Å². The minimum atomic E-state index is -0.451. The van der Waals surface area contributed by atoms with E-state index in [1.54, 1.807) is 19.1 Å². The van der Waals surface area contributed by atoms with Gasteiger partial charge in [0, 0.05) is 23.7 Å². The fourth-order valence-corrected chi connectivity index (χ4v) is 1.67. The van der Waals surface area contributed by atoms with Gasteiger partial charge in [0.15, 0.2) is 0 Å². The van der Waals surface area contributed by atoms with E-state index in [9.17, 15) is 9.18 Å². The second-order valence-electron chi connectivity index (χ2n) is 4.33. The molecule has 0 aliphatic rings. The summed E-state index contributed by atoms with van der Waals surface area (Å²) in [6, 6.07) is 5.95. The van der Waals surface area contributed by atoms with Gasteiger partial charge in [0.1, 0.15) is 5.82 Å². The van der Waals surface area contributed by atoms with E-state index < -0.39 is 11.7 Å². The summed E-state index contributed by atoms with van der Waals surface area (Å²) in [5.41, 5.74) is 6.87. The number of nitrogens with one attached hydrogen (secondary N) is 1. The lowest BCUT2D eigenvalue weighted by Crippen LogP contribution is -2.22. The highest BCUT2D eigenvalue weighted by molar-refractivity contribution is 5.91. The van der Waals surface area contributed by atoms with Crippen LogP contribution in [0.3, 0.4) is 0 Å². The number of amides is 1. The molecule has 0 atom stereocenters. The monoisotopic (exact) mass is 287 g/mol. The molecule has 5 nitrogen and oxygen atoms in total. The Hall–Kier alpha value is -2.65. The number of nitrogens with two attached hydrogens (primary N) is 1. The molecule has 0 aliphatic heterocycles. The van der Waals surface area contributed by atoms with Gasteiger partial charge in [-0.15, -0.1) is 0 Å². The topological polar surface area (TPSA) is 81.2 Å². The SMILES string of the molecule is Cc1cc(C(=O)NCc2cc(C#CCN)ccc2F)on1. The quantitative estimate of drug-likeness (QED) is 0.835. The zero-order valence-electron chi connectivity index (χ0n) is 11.4. The second kappa shape index (κ2) is 6.68. The fourth-order valence-electron chi connectivity index (χ4n) is 1.67. The third kappa shape index (κ3) is 3.91. The lowest BCUT2D eigenvalue weighted by Gasteiger charge is -2.05. The summed E-state index contributed by atoms with van der Waals surface area (Å²) in [5.74, 6) is 4.73. The maximum Gasteiger partial charge on any atom is 0.290 e. The number of hydrogen-bond donors (Lipinski definition) is 2. The maximum absolute atomic E-state index is 13.7. The summed E-state index contributed by atoms with van der Waals surface area (Å²) < 4.78 is 18.5. The van der Waals surface area contributed by atoms with Gasteiger partial charge < -0.3 is 15.6 Å². The number of aryl methyl sites for hydroxylation is 1. The third-order valence-corrected chi connectivity index (χ3v) is 2.67. The molecular weight excluding hydrogens is 273 g/mol. The van der Waals surface area contributed by atoms with E-state index in [1.807, 2.05) is 0 Å². The molecule has 1 heterocycles. The average Bonchev–Trinajstić information content (AvgIpc) is 2.91. The van der Waals surface area contributed by atoms with Crippen molar-refractivity contribution in [3.63, 3.8) is 0 Å². The molecule has 1 aromatic heterocycles. The van der Waals surface area contributed by atoms with Gasteiger partial charge in [-0.25, -0.2) is 4.39 Å². The van der Waals surface area contributed by atoms with Crippen molar-refractivity contribution in [2.45, 2.75) is 13.5 Å². The molecule has 0 unspecified atom stereocenters. The number of rotatable bonds is 3. The molecule has 1 aromatic carbocycles. The van der Waals surface area contributed by atoms with Crippen molar-refractivity contribution in [1.82, 2.24) is 10.5 Å². The molecule has 2 rings (SSSR count). The molecule has 0 aliphatic carbocycles. The molecule has 6 heteroatoms. The first kappa shape index (κ1) is 14.8. The van der Waals surface area contributed by atoms with E-state index in [0.29, 0.717) is 16.8 Å². The van der Waals surface area contributed by atoms with Crippen molar-refractivity contribution in [2.24, 2.45) is 5.73 Å². The lowest BCUT2D eigenvalue weighted by molar-refractivity contribution is 0.0913. The number of carbonyl (C=O) groups excluding carboxylic acids is 1.